The highest BCUT2D eigenvalue weighted by molar-refractivity contribution is 5.93. The molecule has 1 aliphatic heterocycles. The van der Waals surface area contributed by atoms with E-state index < -0.39 is 11.4 Å². The van der Waals surface area contributed by atoms with Crippen LogP contribution in [0.15, 0.2) is 48.8 Å². The fourth-order valence-electron chi connectivity index (χ4n) is 3.20. The Hall–Kier alpha value is -2.81. The number of aromatic nitrogens is 2. The summed E-state index contributed by atoms with van der Waals surface area (Å²) in [5.74, 6) is -0.0482. The molecule has 1 aliphatic rings. The number of amides is 1. The second-order valence-electron chi connectivity index (χ2n) is 6.71. The summed E-state index contributed by atoms with van der Waals surface area (Å²) >= 11 is 0. The van der Waals surface area contributed by atoms with Gasteiger partial charge in [0.25, 0.3) is 5.91 Å². The van der Waals surface area contributed by atoms with Gasteiger partial charge in [-0.05, 0) is 31.0 Å². The summed E-state index contributed by atoms with van der Waals surface area (Å²) < 4.78 is 0. The van der Waals surface area contributed by atoms with E-state index in [1.807, 2.05) is 30.3 Å². The van der Waals surface area contributed by atoms with Crippen LogP contribution in [0.25, 0.3) is 6.08 Å². The number of hydrogen-bond acceptors (Lipinski definition) is 7. The largest absolute Gasteiger partial charge is 0.355 e. The minimum absolute atomic E-state index is 0. The topological polar surface area (TPSA) is 116 Å². The molecule has 2 heterocycles. The molecule has 154 valence electrons. The van der Waals surface area contributed by atoms with Gasteiger partial charge >= 0.3 is 0 Å². The van der Waals surface area contributed by atoms with Crippen molar-refractivity contribution in [2.45, 2.75) is 24.8 Å². The highest BCUT2D eigenvalue weighted by atomic mass is 35.5. The molecule has 0 unspecified atom stereocenters. The molecule has 0 saturated carbocycles. The molecule has 1 aromatic carbocycles. The predicted molar refractivity (Wildman–Crippen MR) is 112 cm³/mol. The molecule has 0 radical (unpaired) electrons. The lowest BCUT2D eigenvalue weighted by atomic mass is 9.83. The fraction of sp³-hybridized carbons (Fsp3) is 0.300. The van der Waals surface area contributed by atoms with Crippen LogP contribution < -0.4 is 16.1 Å². The minimum atomic E-state index is -0.739. The Kier molecular flexibility index (Phi) is 8.26. The maximum absolute atomic E-state index is 13.1. The molecule has 1 saturated heterocycles. The first kappa shape index (κ1) is 22.5. The number of carbonyl (C=O) groups is 2. The Morgan fingerprint density at radius 2 is 2.00 bits per heavy atom. The third-order valence-corrected chi connectivity index (χ3v) is 4.68. The Labute approximate surface area is 175 Å². The average molecular weight is 418 g/mol. The van der Waals surface area contributed by atoms with Gasteiger partial charge in [0, 0.05) is 19.0 Å². The van der Waals surface area contributed by atoms with Gasteiger partial charge in [0.1, 0.15) is 11.4 Å². The van der Waals surface area contributed by atoms with Gasteiger partial charge in [0.2, 0.25) is 0 Å². The van der Waals surface area contributed by atoms with E-state index in [1.54, 1.807) is 0 Å². The minimum Gasteiger partial charge on any atom is -0.355 e. The van der Waals surface area contributed by atoms with Crippen LogP contribution in [0.3, 0.4) is 0 Å². The molecule has 1 atom stereocenters. The molecule has 0 spiro atoms. The van der Waals surface area contributed by atoms with Crippen LogP contribution in [-0.2, 0) is 16.0 Å². The lowest BCUT2D eigenvalue weighted by Gasteiger charge is -2.37. The maximum Gasteiger partial charge on any atom is 0.267 e. The highest BCUT2D eigenvalue weighted by Gasteiger charge is 2.39. The van der Waals surface area contributed by atoms with E-state index in [1.165, 1.54) is 23.9 Å². The Bertz CT molecular complexity index is 837. The molecule has 0 aliphatic carbocycles. The van der Waals surface area contributed by atoms with Gasteiger partial charge in [-0.1, -0.05) is 30.3 Å². The van der Waals surface area contributed by atoms with Crippen molar-refractivity contribution in [3.8, 4) is 0 Å². The van der Waals surface area contributed by atoms with Gasteiger partial charge < -0.3 is 10.6 Å². The number of rotatable bonds is 7. The molecule has 1 amide bonds. The van der Waals surface area contributed by atoms with Gasteiger partial charge in [0.05, 0.1) is 18.1 Å². The second kappa shape index (κ2) is 10.7. The zero-order valence-corrected chi connectivity index (χ0v) is 16.6. The van der Waals surface area contributed by atoms with Crippen molar-refractivity contribution in [1.29, 1.82) is 0 Å². The molecular formula is C20H24ClN5O3. The number of nitrogens with zero attached hydrogens (tertiary/aromatic N) is 2. The highest BCUT2D eigenvalue weighted by Crippen LogP contribution is 2.24. The van der Waals surface area contributed by atoms with Crippen molar-refractivity contribution < 1.29 is 14.8 Å². The molecule has 4 N–H and O–H groups in total. The zero-order valence-electron chi connectivity index (χ0n) is 15.8. The van der Waals surface area contributed by atoms with Gasteiger partial charge in [0.15, 0.2) is 5.78 Å². The molecule has 9 heteroatoms. The number of carbonyl (C=O) groups excluding carboxylic acids is 2. The average Bonchev–Trinajstić information content (AvgIpc) is 2.74. The van der Waals surface area contributed by atoms with Crippen LogP contribution in [-0.4, -0.2) is 45.5 Å². The molecule has 29 heavy (non-hydrogen) atoms. The van der Waals surface area contributed by atoms with Crippen LogP contribution in [0.5, 0.6) is 0 Å². The first-order chi connectivity index (χ1) is 13.6. The number of benzene rings is 1. The number of hydroxylamine groups is 1. The Morgan fingerprint density at radius 1 is 1.21 bits per heavy atom. The van der Waals surface area contributed by atoms with Crippen molar-refractivity contribution in [3.05, 3.63) is 60.1 Å². The quantitative estimate of drug-likeness (QED) is 0.308. The number of piperidine rings is 1. The summed E-state index contributed by atoms with van der Waals surface area (Å²) in [6, 6.07) is 9.68. The first-order valence-corrected chi connectivity index (χ1v) is 9.12. The van der Waals surface area contributed by atoms with Crippen LogP contribution in [0, 0.1) is 0 Å². The number of nitrogens with one attached hydrogen (secondary N) is 3. The summed E-state index contributed by atoms with van der Waals surface area (Å²) in [7, 11) is 0. The summed E-state index contributed by atoms with van der Waals surface area (Å²) in [5.41, 5.74) is 2.21. The molecule has 2 aromatic rings. The summed E-state index contributed by atoms with van der Waals surface area (Å²) in [5, 5.41) is 15.1. The standard InChI is InChI=1S/C20H23N5O3.ClH/c26-17(11-15-5-2-1-3-6-15)20(9-4-10-21-14-20)24-18-13-22-16(12-23-18)7-8-19(27)25-28;/h1-3,5-8,12-13,21,28H,4,9-11,14H2,(H,23,24)(H,25,27);1H/b8-7+;/t20-;/m1./s1. The molecule has 1 aromatic heterocycles. The van der Waals surface area contributed by atoms with E-state index >= 15 is 0 Å². The van der Waals surface area contributed by atoms with E-state index in [0.29, 0.717) is 30.9 Å². The lowest BCUT2D eigenvalue weighted by Crippen LogP contribution is -2.57. The molecule has 3 rings (SSSR count). The van der Waals surface area contributed by atoms with Crippen LogP contribution in [0.1, 0.15) is 24.1 Å². The van der Waals surface area contributed by atoms with Crippen LogP contribution in [0.4, 0.5) is 5.82 Å². The lowest BCUT2D eigenvalue weighted by molar-refractivity contribution is -0.124. The smallest absolute Gasteiger partial charge is 0.267 e. The van der Waals surface area contributed by atoms with Gasteiger partial charge in [-0.15, -0.1) is 12.4 Å². The maximum atomic E-state index is 13.1. The zero-order chi connectivity index (χ0) is 19.8. The van der Waals surface area contributed by atoms with Crippen molar-refractivity contribution >= 4 is 36.0 Å². The van der Waals surface area contributed by atoms with Gasteiger partial charge in [-0.25, -0.2) is 10.5 Å². The molecule has 0 bridgehead atoms. The number of anilines is 1. The van der Waals surface area contributed by atoms with E-state index in [2.05, 4.69) is 20.6 Å². The number of Topliss-reactive ketones (excluding diaryl/α,β-unsaturated/α-hetero) is 1. The fourth-order valence-corrected chi connectivity index (χ4v) is 3.20. The monoisotopic (exact) mass is 417 g/mol. The number of hydrogen-bond donors (Lipinski definition) is 4. The van der Waals surface area contributed by atoms with Crippen molar-refractivity contribution in [2.75, 3.05) is 18.4 Å². The molecule has 1 fully saturated rings. The van der Waals surface area contributed by atoms with Gasteiger partial charge in [-0.2, -0.15) is 0 Å². The number of halogens is 1. The summed E-state index contributed by atoms with van der Waals surface area (Å²) in [4.78, 5) is 32.7. The van der Waals surface area contributed by atoms with E-state index in [0.717, 1.165) is 24.6 Å². The normalized spacial score (nSPS) is 18.7. The van der Waals surface area contributed by atoms with Crippen LogP contribution >= 0.6 is 12.4 Å². The summed E-state index contributed by atoms with van der Waals surface area (Å²) in [6.07, 6.45) is 7.55. The second-order valence-corrected chi connectivity index (χ2v) is 6.71. The van der Waals surface area contributed by atoms with E-state index in [4.69, 9.17) is 5.21 Å². The van der Waals surface area contributed by atoms with Gasteiger partial charge in [-0.3, -0.25) is 19.8 Å². The van der Waals surface area contributed by atoms with E-state index in [9.17, 15) is 9.59 Å². The number of ketones is 1. The third kappa shape index (κ3) is 6.08. The first-order valence-electron chi connectivity index (χ1n) is 9.12. The Balaban J connectivity index is 0.00000300. The Morgan fingerprint density at radius 3 is 2.62 bits per heavy atom. The third-order valence-electron chi connectivity index (χ3n) is 4.68. The summed E-state index contributed by atoms with van der Waals surface area (Å²) in [6.45, 7) is 1.41. The molecular weight excluding hydrogens is 394 g/mol. The van der Waals surface area contributed by atoms with Crippen molar-refractivity contribution in [1.82, 2.24) is 20.8 Å². The molecule has 8 nitrogen and oxygen atoms in total. The SMILES string of the molecule is Cl.O=C(/C=C/c1cnc(N[C@]2(C(=O)Cc3ccccc3)CCCNC2)cn1)NO. The predicted octanol–water partition coefficient (Wildman–Crippen LogP) is 1.76. The van der Waals surface area contributed by atoms with Crippen LogP contribution in [0.2, 0.25) is 0 Å². The van der Waals surface area contributed by atoms with Crippen molar-refractivity contribution in [2.24, 2.45) is 0 Å². The van der Waals surface area contributed by atoms with E-state index in [-0.39, 0.29) is 18.2 Å². The van der Waals surface area contributed by atoms with Crippen molar-refractivity contribution in [3.63, 3.8) is 0 Å².